The summed E-state index contributed by atoms with van der Waals surface area (Å²) in [4.78, 5) is 16.5. The van der Waals surface area contributed by atoms with E-state index in [1.807, 2.05) is 18.2 Å². The maximum Gasteiger partial charge on any atom is 0.255 e. The maximum atomic E-state index is 12.6. The molecule has 3 rings (SSSR count). The topological polar surface area (TPSA) is 106 Å². The Morgan fingerprint density at radius 2 is 2.00 bits per heavy atom. The van der Waals surface area contributed by atoms with Crippen LogP contribution in [0.2, 0.25) is 0 Å². The molecular weight excluding hydrogens is 366 g/mol. The summed E-state index contributed by atoms with van der Waals surface area (Å²) in [5.41, 5.74) is 3.06. The first-order valence-corrected chi connectivity index (χ1v) is 10.0. The Labute approximate surface area is 157 Å². The van der Waals surface area contributed by atoms with Gasteiger partial charge in [-0.25, -0.2) is 18.1 Å². The first-order valence-electron chi connectivity index (χ1n) is 8.11. The lowest BCUT2D eigenvalue weighted by molar-refractivity contribution is 0.102. The zero-order valence-corrected chi connectivity index (χ0v) is 15.7. The Hall–Kier alpha value is -3.20. The van der Waals surface area contributed by atoms with E-state index >= 15 is 0 Å². The van der Waals surface area contributed by atoms with Gasteiger partial charge in [-0.3, -0.25) is 9.52 Å². The molecule has 0 saturated carbocycles. The number of carbonyl (C=O) groups is 1. The number of aromatic nitrogens is 3. The van der Waals surface area contributed by atoms with Gasteiger partial charge in [0.15, 0.2) is 0 Å². The molecule has 0 aliphatic carbocycles. The third kappa shape index (κ3) is 5.14. The third-order valence-electron chi connectivity index (χ3n) is 3.79. The quantitative estimate of drug-likeness (QED) is 0.677. The van der Waals surface area contributed by atoms with Gasteiger partial charge in [0.2, 0.25) is 10.0 Å². The third-order valence-corrected chi connectivity index (χ3v) is 4.38. The molecule has 3 aromatic rings. The molecule has 140 valence electrons. The van der Waals surface area contributed by atoms with E-state index in [9.17, 15) is 13.2 Å². The number of amides is 1. The van der Waals surface area contributed by atoms with Gasteiger partial charge in [0.25, 0.3) is 5.91 Å². The minimum Gasteiger partial charge on any atom is -0.322 e. The Balaban J connectivity index is 1.76. The number of nitrogens with zero attached hydrogens (tertiary/aromatic N) is 3. The number of benzene rings is 2. The SMILES string of the molecule is Cc1ccc(C(=O)Nc2cccc(Cn3cncn3)c2)cc1NS(C)(=O)=O. The van der Waals surface area contributed by atoms with Crippen molar-refractivity contribution in [3.8, 4) is 0 Å². The van der Waals surface area contributed by atoms with Crippen LogP contribution in [-0.2, 0) is 16.6 Å². The van der Waals surface area contributed by atoms with Crippen LogP contribution in [0.1, 0.15) is 21.5 Å². The zero-order valence-electron chi connectivity index (χ0n) is 14.9. The van der Waals surface area contributed by atoms with Crippen molar-refractivity contribution in [2.45, 2.75) is 13.5 Å². The van der Waals surface area contributed by atoms with E-state index in [0.29, 0.717) is 23.5 Å². The molecule has 0 aliphatic heterocycles. The lowest BCUT2D eigenvalue weighted by Crippen LogP contribution is -2.15. The highest BCUT2D eigenvalue weighted by Gasteiger charge is 2.11. The summed E-state index contributed by atoms with van der Waals surface area (Å²) < 4.78 is 27.0. The average Bonchev–Trinajstić information content (AvgIpc) is 3.09. The molecule has 8 nitrogen and oxygen atoms in total. The zero-order chi connectivity index (χ0) is 19.4. The number of hydrogen-bond acceptors (Lipinski definition) is 5. The number of rotatable bonds is 6. The van der Waals surface area contributed by atoms with E-state index in [4.69, 9.17) is 0 Å². The standard InChI is InChI=1S/C18H19N5O3S/c1-13-6-7-15(9-17(13)22-27(2,25)26)18(24)21-16-5-3-4-14(8-16)10-23-12-19-11-20-23/h3-9,11-12,22H,10H2,1-2H3,(H,21,24). The van der Waals surface area contributed by atoms with Crippen LogP contribution < -0.4 is 10.0 Å². The van der Waals surface area contributed by atoms with Crippen LogP contribution in [0.3, 0.4) is 0 Å². The highest BCUT2D eigenvalue weighted by Crippen LogP contribution is 2.19. The molecule has 27 heavy (non-hydrogen) atoms. The average molecular weight is 385 g/mol. The molecule has 1 heterocycles. The number of aryl methyl sites for hydroxylation is 1. The Morgan fingerprint density at radius 1 is 1.19 bits per heavy atom. The molecule has 0 spiro atoms. The minimum absolute atomic E-state index is 0.329. The van der Waals surface area contributed by atoms with Crippen molar-refractivity contribution < 1.29 is 13.2 Å². The van der Waals surface area contributed by atoms with Crippen LogP contribution >= 0.6 is 0 Å². The first-order chi connectivity index (χ1) is 12.8. The lowest BCUT2D eigenvalue weighted by Gasteiger charge is -2.11. The number of sulfonamides is 1. The van der Waals surface area contributed by atoms with Gasteiger partial charge in [0.1, 0.15) is 12.7 Å². The van der Waals surface area contributed by atoms with Gasteiger partial charge < -0.3 is 5.32 Å². The second-order valence-electron chi connectivity index (χ2n) is 6.15. The molecule has 9 heteroatoms. The van der Waals surface area contributed by atoms with Crippen LogP contribution in [0.25, 0.3) is 0 Å². The van der Waals surface area contributed by atoms with E-state index in [1.54, 1.807) is 36.1 Å². The van der Waals surface area contributed by atoms with Crippen LogP contribution in [-0.4, -0.2) is 35.3 Å². The summed E-state index contributed by atoms with van der Waals surface area (Å²) in [6.45, 7) is 2.31. The van der Waals surface area contributed by atoms with Crippen LogP contribution in [0.4, 0.5) is 11.4 Å². The molecule has 2 N–H and O–H groups in total. The van der Waals surface area contributed by atoms with Gasteiger partial charge in [-0.2, -0.15) is 5.10 Å². The summed E-state index contributed by atoms with van der Waals surface area (Å²) in [5.74, 6) is -0.329. The predicted octanol–water partition coefficient (Wildman–Crippen LogP) is 2.26. The fourth-order valence-electron chi connectivity index (χ4n) is 2.53. The monoisotopic (exact) mass is 385 g/mol. The summed E-state index contributed by atoms with van der Waals surface area (Å²) in [5, 5.41) is 6.89. The van der Waals surface area contributed by atoms with Crippen LogP contribution in [0, 0.1) is 6.92 Å². The van der Waals surface area contributed by atoms with Crippen molar-refractivity contribution >= 4 is 27.3 Å². The fourth-order valence-corrected chi connectivity index (χ4v) is 3.14. The maximum absolute atomic E-state index is 12.6. The second-order valence-corrected chi connectivity index (χ2v) is 7.90. The Kier molecular flexibility index (Phi) is 5.22. The van der Waals surface area contributed by atoms with E-state index in [2.05, 4.69) is 20.1 Å². The Morgan fingerprint density at radius 3 is 2.70 bits per heavy atom. The highest BCUT2D eigenvalue weighted by molar-refractivity contribution is 7.92. The number of hydrogen-bond donors (Lipinski definition) is 2. The van der Waals surface area contributed by atoms with Crippen molar-refractivity contribution in [3.63, 3.8) is 0 Å². The second kappa shape index (κ2) is 7.58. The van der Waals surface area contributed by atoms with Gasteiger partial charge in [-0.15, -0.1) is 0 Å². The molecule has 2 aromatic carbocycles. The molecule has 0 radical (unpaired) electrons. The van der Waals surface area contributed by atoms with E-state index in [-0.39, 0.29) is 5.91 Å². The van der Waals surface area contributed by atoms with Gasteiger partial charge in [0.05, 0.1) is 18.5 Å². The lowest BCUT2D eigenvalue weighted by atomic mass is 10.1. The van der Waals surface area contributed by atoms with Crippen molar-refractivity contribution in [2.75, 3.05) is 16.3 Å². The van der Waals surface area contributed by atoms with E-state index < -0.39 is 10.0 Å². The van der Waals surface area contributed by atoms with Crippen molar-refractivity contribution in [1.82, 2.24) is 14.8 Å². The van der Waals surface area contributed by atoms with E-state index in [1.165, 1.54) is 12.4 Å². The minimum atomic E-state index is -3.43. The van der Waals surface area contributed by atoms with Gasteiger partial charge >= 0.3 is 0 Å². The summed E-state index contributed by atoms with van der Waals surface area (Å²) in [7, 11) is -3.43. The molecule has 1 amide bonds. The van der Waals surface area contributed by atoms with Crippen LogP contribution in [0.5, 0.6) is 0 Å². The molecule has 0 aliphatic rings. The van der Waals surface area contributed by atoms with Gasteiger partial charge in [0, 0.05) is 11.3 Å². The van der Waals surface area contributed by atoms with Gasteiger partial charge in [-0.05, 0) is 42.3 Å². The summed E-state index contributed by atoms with van der Waals surface area (Å²) >= 11 is 0. The number of nitrogens with one attached hydrogen (secondary N) is 2. The largest absolute Gasteiger partial charge is 0.322 e. The van der Waals surface area contributed by atoms with Gasteiger partial charge in [-0.1, -0.05) is 18.2 Å². The first kappa shape index (κ1) is 18.6. The molecule has 0 fully saturated rings. The normalized spacial score (nSPS) is 11.2. The molecular formula is C18H19N5O3S. The van der Waals surface area contributed by atoms with E-state index in [0.717, 1.165) is 17.4 Å². The van der Waals surface area contributed by atoms with Crippen LogP contribution in [0.15, 0.2) is 55.1 Å². The summed E-state index contributed by atoms with van der Waals surface area (Å²) in [6.07, 6.45) is 4.15. The highest BCUT2D eigenvalue weighted by atomic mass is 32.2. The molecule has 0 unspecified atom stereocenters. The predicted molar refractivity (Wildman–Crippen MR) is 103 cm³/mol. The molecule has 0 saturated heterocycles. The fraction of sp³-hybridized carbons (Fsp3) is 0.167. The van der Waals surface area contributed by atoms with Crippen molar-refractivity contribution in [1.29, 1.82) is 0 Å². The molecule has 1 aromatic heterocycles. The van der Waals surface area contributed by atoms with Crippen molar-refractivity contribution in [2.24, 2.45) is 0 Å². The summed E-state index contributed by atoms with van der Waals surface area (Å²) in [6, 6.07) is 12.3. The molecule has 0 bridgehead atoms. The van der Waals surface area contributed by atoms with Crippen molar-refractivity contribution in [3.05, 3.63) is 71.8 Å². The molecule has 0 atom stereocenters. The smallest absolute Gasteiger partial charge is 0.255 e. The number of anilines is 2. The number of carbonyl (C=O) groups excluding carboxylic acids is 1. The Bertz CT molecular complexity index is 1060.